The average molecular weight is 382 g/mol. The Bertz CT molecular complexity index is 772. The molecule has 0 heterocycles. The van der Waals surface area contributed by atoms with Crippen LogP contribution in [0.25, 0.3) is 0 Å². The third kappa shape index (κ3) is 5.01. The number of ether oxygens (including phenoxy) is 2. The molecule has 0 saturated carbocycles. The van der Waals surface area contributed by atoms with Crippen LogP contribution in [0.15, 0.2) is 48.5 Å². The second kappa shape index (κ2) is 8.43. The van der Waals surface area contributed by atoms with Crippen molar-refractivity contribution in [3.05, 3.63) is 65.2 Å². The fourth-order valence-corrected chi connectivity index (χ4v) is 2.70. The van der Waals surface area contributed by atoms with Gasteiger partial charge in [-0.2, -0.15) is 13.2 Å². The predicted molar refractivity (Wildman–Crippen MR) is 93.3 cm³/mol. The van der Waals surface area contributed by atoms with Gasteiger partial charge in [0.15, 0.2) is 6.61 Å². The van der Waals surface area contributed by atoms with E-state index in [1.54, 1.807) is 38.1 Å². The number of hydrogen-bond donors (Lipinski definition) is 1. The molecule has 2 aromatic rings. The van der Waals surface area contributed by atoms with E-state index < -0.39 is 23.3 Å². The molecule has 0 amide bonds. The third-order valence-electron chi connectivity index (χ3n) is 4.17. The lowest BCUT2D eigenvalue weighted by Crippen LogP contribution is -2.26. The van der Waals surface area contributed by atoms with Gasteiger partial charge in [0.2, 0.25) is 0 Å². The van der Waals surface area contributed by atoms with Crippen molar-refractivity contribution in [2.24, 2.45) is 0 Å². The number of carbonyl (C=O) groups excluding carboxylic acids is 1. The largest absolute Gasteiger partial charge is 0.482 e. The maximum Gasteiger partial charge on any atom is 0.416 e. The summed E-state index contributed by atoms with van der Waals surface area (Å²) < 4.78 is 49.0. The van der Waals surface area contributed by atoms with Gasteiger partial charge in [0.05, 0.1) is 12.2 Å². The molecule has 0 radical (unpaired) electrons. The first-order chi connectivity index (χ1) is 12.7. The highest BCUT2D eigenvalue weighted by molar-refractivity contribution is 5.71. The Morgan fingerprint density at radius 2 is 1.63 bits per heavy atom. The molecule has 0 aliphatic heterocycles. The van der Waals surface area contributed by atoms with E-state index in [4.69, 9.17) is 9.47 Å². The van der Waals surface area contributed by atoms with Gasteiger partial charge < -0.3 is 14.6 Å². The molecule has 1 unspecified atom stereocenters. The summed E-state index contributed by atoms with van der Waals surface area (Å²) in [7, 11) is 0. The number of hydrogen-bond acceptors (Lipinski definition) is 4. The van der Waals surface area contributed by atoms with Crippen LogP contribution in [0, 0.1) is 0 Å². The molecule has 4 nitrogen and oxygen atoms in total. The summed E-state index contributed by atoms with van der Waals surface area (Å²) in [5, 5.41) is 11.0. The number of esters is 1. The summed E-state index contributed by atoms with van der Waals surface area (Å²) in [6, 6.07) is 10.9. The molecule has 0 bridgehead atoms. The van der Waals surface area contributed by atoms with Crippen LogP contribution in [0.5, 0.6) is 5.75 Å². The number of alkyl halides is 3. The lowest BCUT2D eigenvalue weighted by Gasteiger charge is -2.29. The van der Waals surface area contributed by atoms with Gasteiger partial charge in [0.1, 0.15) is 11.4 Å². The van der Waals surface area contributed by atoms with Crippen LogP contribution in [0.3, 0.4) is 0 Å². The first kappa shape index (κ1) is 20.8. The highest BCUT2D eigenvalue weighted by Crippen LogP contribution is 2.37. The number of rotatable bonds is 7. The quantitative estimate of drug-likeness (QED) is 0.726. The lowest BCUT2D eigenvalue weighted by atomic mass is 9.83. The molecular weight excluding hydrogens is 361 g/mol. The molecule has 0 fully saturated rings. The first-order valence-corrected chi connectivity index (χ1v) is 8.49. The molecule has 2 aromatic carbocycles. The molecule has 0 aliphatic carbocycles. The van der Waals surface area contributed by atoms with Crippen molar-refractivity contribution >= 4 is 5.97 Å². The van der Waals surface area contributed by atoms with Gasteiger partial charge in [-0.1, -0.05) is 31.2 Å². The van der Waals surface area contributed by atoms with Crippen molar-refractivity contribution in [3.63, 3.8) is 0 Å². The van der Waals surface area contributed by atoms with Crippen LogP contribution in [-0.4, -0.2) is 24.3 Å². The summed E-state index contributed by atoms with van der Waals surface area (Å²) in [5.74, 6) is -0.120. The molecule has 0 aromatic heterocycles. The Balaban J connectivity index is 2.25. The molecule has 146 valence electrons. The molecule has 2 rings (SSSR count). The van der Waals surface area contributed by atoms with Gasteiger partial charge in [-0.25, -0.2) is 4.79 Å². The Kier molecular flexibility index (Phi) is 6.49. The molecule has 1 N–H and O–H groups in total. The average Bonchev–Trinajstić information content (AvgIpc) is 2.66. The monoisotopic (exact) mass is 382 g/mol. The van der Waals surface area contributed by atoms with E-state index in [0.29, 0.717) is 11.3 Å². The van der Waals surface area contributed by atoms with Crippen molar-refractivity contribution in [2.75, 3.05) is 13.2 Å². The van der Waals surface area contributed by atoms with E-state index in [2.05, 4.69) is 0 Å². The number of halogens is 3. The maximum absolute atomic E-state index is 13.0. The molecule has 27 heavy (non-hydrogen) atoms. The summed E-state index contributed by atoms with van der Waals surface area (Å²) in [6.45, 7) is 3.37. The lowest BCUT2D eigenvalue weighted by molar-refractivity contribution is -0.145. The Morgan fingerprint density at radius 3 is 2.19 bits per heavy atom. The van der Waals surface area contributed by atoms with Crippen LogP contribution >= 0.6 is 0 Å². The third-order valence-corrected chi connectivity index (χ3v) is 4.17. The maximum atomic E-state index is 13.0. The van der Waals surface area contributed by atoms with Crippen molar-refractivity contribution in [2.45, 2.75) is 32.0 Å². The normalized spacial score (nSPS) is 13.7. The van der Waals surface area contributed by atoms with E-state index >= 15 is 0 Å². The highest BCUT2D eigenvalue weighted by Gasteiger charge is 2.34. The number of aliphatic hydroxyl groups is 1. The van der Waals surface area contributed by atoms with E-state index in [1.807, 2.05) is 0 Å². The summed E-state index contributed by atoms with van der Waals surface area (Å²) in [6.07, 6.45) is -4.31. The predicted octanol–water partition coefficient (Wildman–Crippen LogP) is 4.29. The summed E-state index contributed by atoms with van der Waals surface area (Å²) in [5.41, 5.74) is -1.82. The highest BCUT2D eigenvalue weighted by atomic mass is 19.4. The van der Waals surface area contributed by atoms with Gasteiger partial charge in [-0.15, -0.1) is 0 Å². The summed E-state index contributed by atoms with van der Waals surface area (Å²) in [4.78, 5) is 11.3. The van der Waals surface area contributed by atoms with E-state index in [1.165, 1.54) is 12.1 Å². The second-order valence-electron chi connectivity index (χ2n) is 5.91. The number of carbonyl (C=O) groups is 1. The Hall–Kier alpha value is -2.54. The van der Waals surface area contributed by atoms with Crippen LogP contribution < -0.4 is 4.74 Å². The van der Waals surface area contributed by atoms with Crippen LogP contribution in [-0.2, 0) is 21.3 Å². The molecule has 0 saturated heterocycles. The molecule has 7 heteroatoms. The van der Waals surface area contributed by atoms with Gasteiger partial charge >= 0.3 is 12.1 Å². The topological polar surface area (TPSA) is 55.8 Å². The minimum absolute atomic E-state index is 0.153. The Labute approximate surface area is 155 Å². The van der Waals surface area contributed by atoms with Crippen LogP contribution in [0.4, 0.5) is 13.2 Å². The van der Waals surface area contributed by atoms with Gasteiger partial charge in [-0.3, -0.25) is 0 Å². The zero-order valence-electron chi connectivity index (χ0n) is 15.0. The van der Waals surface area contributed by atoms with E-state index in [9.17, 15) is 23.1 Å². The fourth-order valence-electron chi connectivity index (χ4n) is 2.70. The minimum Gasteiger partial charge on any atom is -0.482 e. The molecule has 1 atom stereocenters. The molecular formula is C20H21F3O4. The van der Waals surface area contributed by atoms with Crippen molar-refractivity contribution in [1.82, 2.24) is 0 Å². The number of benzene rings is 2. The Morgan fingerprint density at radius 1 is 1.00 bits per heavy atom. The standard InChI is InChI=1S/C20H21F3O4/c1-3-19(25,15-6-5-7-16(12-15)20(21,22)23)14-8-10-17(11-9-14)27-13-18(24)26-4-2/h5-12,25H,3-4,13H2,1-2H3. The van der Waals surface area contributed by atoms with Crippen molar-refractivity contribution < 1.29 is 32.5 Å². The summed E-state index contributed by atoms with van der Waals surface area (Å²) >= 11 is 0. The van der Waals surface area contributed by atoms with Gasteiger partial charge in [-0.05, 0) is 48.7 Å². The second-order valence-corrected chi connectivity index (χ2v) is 5.91. The van der Waals surface area contributed by atoms with Crippen molar-refractivity contribution in [3.8, 4) is 5.75 Å². The SMILES string of the molecule is CCOC(=O)COc1ccc(C(O)(CC)c2cccc(C(F)(F)F)c2)cc1. The zero-order chi connectivity index (χ0) is 20.1. The van der Waals surface area contributed by atoms with Gasteiger partial charge in [0, 0.05) is 0 Å². The van der Waals surface area contributed by atoms with Gasteiger partial charge in [0.25, 0.3) is 0 Å². The van der Waals surface area contributed by atoms with E-state index in [-0.39, 0.29) is 25.2 Å². The van der Waals surface area contributed by atoms with E-state index in [0.717, 1.165) is 12.1 Å². The van der Waals surface area contributed by atoms with Crippen LogP contribution in [0.2, 0.25) is 0 Å². The first-order valence-electron chi connectivity index (χ1n) is 8.49. The van der Waals surface area contributed by atoms with Crippen LogP contribution in [0.1, 0.15) is 37.0 Å². The smallest absolute Gasteiger partial charge is 0.416 e. The molecule has 0 aliphatic rings. The molecule has 0 spiro atoms. The fraction of sp³-hybridized carbons (Fsp3) is 0.350. The minimum atomic E-state index is -4.49. The van der Waals surface area contributed by atoms with Crippen molar-refractivity contribution in [1.29, 1.82) is 0 Å². The zero-order valence-corrected chi connectivity index (χ0v) is 15.0.